The fraction of sp³-hybridized carbons (Fsp3) is 0.333. The number of carbonyl (C=O) groups is 2. The topological polar surface area (TPSA) is 91.0 Å². The number of amides is 2. The molecule has 182 valence electrons. The number of aryl methyl sites for hydroxylation is 3. The molecule has 0 saturated heterocycles. The highest BCUT2D eigenvalue weighted by atomic mass is 19.1. The second-order valence-corrected chi connectivity index (χ2v) is 8.89. The molecule has 3 heterocycles. The van der Waals surface area contributed by atoms with Crippen LogP contribution in [-0.4, -0.2) is 38.4 Å². The van der Waals surface area contributed by atoms with Gasteiger partial charge in [-0.1, -0.05) is 30.3 Å². The summed E-state index contributed by atoms with van der Waals surface area (Å²) < 4.78 is 14.6. The molecule has 0 atom stereocenters. The zero-order chi connectivity index (χ0) is 24.9. The molecular weight excluding hydrogens is 445 g/mol. The molecular formula is C27H30FN5O2. The first kappa shape index (κ1) is 24.3. The number of halogens is 1. The van der Waals surface area contributed by atoms with Gasteiger partial charge in [0.1, 0.15) is 0 Å². The van der Waals surface area contributed by atoms with E-state index in [-0.39, 0.29) is 12.5 Å². The van der Waals surface area contributed by atoms with Crippen molar-refractivity contribution in [2.45, 2.75) is 53.1 Å². The van der Waals surface area contributed by atoms with Crippen LogP contribution in [0.25, 0.3) is 6.08 Å². The molecule has 1 aliphatic rings. The zero-order valence-corrected chi connectivity index (χ0v) is 20.3. The van der Waals surface area contributed by atoms with Crippen LogP contribution in [-0.2, 0) is 35.5 Å². The summed E-state index contributed by atoms with van der Waals surface area (Å²) in [4.78, 5) is 31.2. The maximum Gasteiger partial charge on any atom is 0.282 e. The molecule has 0 bridgehead atoms. The molecule has 0 fully saturated rings. The molecule has 4 rings (SSSR count). The van der Waals surface area contributed by atoms with Crippen molar-refractivity contribution in [3.8, 4) is 0 Å². The average molecular weight is 476 g/mol. The van der Waals surface area contributed by atoms with E-state index in [1.54, 1.807) is 30.5 Å². The summed E-state index contributed by atoms with van der Waals surface area (Å²) in [5.74, 6) is -1.45. The molecule has 0 unspecified atom stereocenters. The average Bonchev–Trinajstić information content (AvgIpc) is 3.18. The van der Waals surface area contributed by atoms with Crippen molar-refractivity contribution in [1.29, 1.82) is 0 Å². The molecule has 8 heteroatoms. The smallest absolute Gasteiger partial charge is 0.282 e. The Morgan fingerprint density at radius 1 is 1.14 bits per heavy atom. The number of nitrogens with one attached hydrogen (secondary N) is 2. The lowest BCUT2D eigenvalue weighted by Crippen LogP contribution is -2.37. The molecule has 2 aromatic heterocycles. The zero-order valence-electron chi connectivity index (χ0n) is 20.3. The summed E-state index contributed by atoms with van der Waals surface area (Å²) in [7, 11) is 0. The van der Waals surface area contributed by atoms with Gasteiger partial charge in [-0.05, 0) is 67.5 Å². The van der Waals surface area contributed by atoms with E-state index >= 15 is 0 Å². The molecule has 1 aromatic carbocycles. The van der Waals surface area contributed by atoms with Crippen LogP contribution in [0, 0.1) is 20.8 Å². The molecule has 7 nitrogen and oxygen atoms in total. The fourth-order valence-electron chi connectivity index (χ4n) is 4.49. The van der Waals surface area contributed by atoms with Gasteiger partial charge >= 0.3 is 0 Å². The number of aromatic nitrogens is 3. The van der Waals surface area contributed by atoms with Crippen molar-refractivity contribution in [2.24, 2.45) is 0 Å². The SMILES string of the molecule is Cc1n[nH]c(C)c1CCC(=O)NCc1c(C)ncc2c1CCN(C(=O)C(F)=Cc1ccccc1)C2. The molecule has 2 N–H and O–H groups in total. The van der Waals surface area contributed by atoms with Crippen molar-refractivity contribution in [3.63, 3.8) is 0 Å². The summed E-state index contributed by atoms with van der Waals surface area (Å²) in [5.41, 5.74) is 7.41. The van der Waals surface area contributed by atoms with Crippen molar-refractivity contribution in [2.75, 3.05) is 6.54 Å². The number of fused-ring (bicyclic) bond motifs is 1. The third kappa shape index (κ3) is 5.65. The van der Waals surface area contributed by atoms with Crippen LogP contribution in [0.2, 0.25) is 0 Å². The lowest BCUT2D eigenvalue weighted by atomic mass is 9.94. The van der Waals surface area contributed by atoms with Gasteiger partial charge in [-0.3, -0.25) is 19.7 Å². The number of H-pyrrole nitrogens is 1. The molecule has 0 radical (unpaired) electrons. The number of benzene rings is 1. The predicted octanol–water partition coefficient (Wildman–Crippen LogP) is 3.87. The van der Waals surface area contributed by atoms with Crippen LogP contribution in [0.3, 0.4) is 0 Å². The van der Waals surface area contributed by atoms with Gasteiger partial charge in [-0.25, -0.2) is 4.39 Å². The monoisotopic (exact) mass is 475 g/mol. The van der Waals surface area contributed by atoms with Gasteiger partial charge in [0.15, 0.2) is 5.83 Å². The van der Waals surface area contributed by atoms with Gasteiger partial charge in [0, 0.05) is 43.6 Å². The quantitative estimate of drug-likeness (QED) is 0.508. The Balaban J connectivity index is 1.40. The van der Waals surface area contributed by atoms with E-state index < -0.39 is 11.7 Å². The van der Waals surface area contributed by atoms with Crippen molar-refractivity contribution >= 4 is 17.9 Å². The van der Waals surface area contributed by atoms with Crippen molar-refractivity contribution in [3.05, 3.63) is 87.3 Å². The fourth-order valence-corrected chi connectivity index (χ4v) is 4.49. The van der Waals surface area contributed by atoms with Crippen LogP contribution in [0.1, 0.15) is 51.3 Å². The second-order valence-electron chi connectivity index (χ2n) is 8.89. The highest BCUT2D eigenvalue weighted by molar-refractivity contribution is 5.95. The van der Waals surface area contributed by atoms with Gasteiger partial charge in [0.2, 0.25) is 5.91 Å². The second kappa shape index (κ2) is 10.6. The third-order valence-electron chi connectivity index (χ3n) is 6.53. The summed E-state index contributed by atoms with van der Waals surface area (Å²) in [6, 6.07) is 8.95. The minimum Gasteiger partial charge on any atom is -0.352 e. The maximum atomic E-state index is 14.6. The van der Waals surface area contributed by atoms with Crippen molar-refractivity contribution < 1.29 is 14.0 Å². The van der Waals surface area contributed by atoms with E-state index in [0.29, 0.717) is 37.9 Å². The van der Waals surface area contributed by atoms with Gasteiger partial charge in [-0.2, -0.15) is 5.10 Å². The number of pyridine rings is 1. The molecule has 1 aliphatic heterocycles. The molecule has 35 heavy (non-hydrogen) atoms. The summed E-state index contributed by atoms with van der Waals surface area (Å²) in [6.07, 6.45) is 4.60. The lowest BCUT2D eigenvalue weighted by molar-refractivity contribution is -0.129. The maximum absolute atomic E-state index is 14.6. The van der Waals surface area contributed by atoms with Crippen LogP contribution in [0.4, 0.5) is 4.39 Å². The normalized spacial score (nSPS) is 13.5. The van der Waals surface area contributed by atoms with E-state index in [2.05, 4.69) is 20.5 Å². The van der Waals surface area contributed by atoms with Crippen LogP contribution < -0.4 is 5.32 Å². The molecule has 0 spiro atoms. The number of nitrogens with zero attached hydrogens (tertiary/aromatic N) is 3. The van der Waals surface area contributed by atoms with Gasteiger partial charge < -0.3 is 10.2 Å². The van der Waals surface area contributed by atoms with Gasteiger partial charge in [0.05, 0.1) is 5.69 Å². The molecule has 0 saturated carbocycles. The van der Waals surface area contributed by atoms with E-state index in [1.807, 2.05) is 26.8 Å². The largest absolute Gasteiger partial charge is 0.352 e. The van der Waals surface area contributed by atoms with E-state index in [9.17, 15) is 14.0 Å². The summed E-state index contributed by atoms with van der Waals surface area (Å²) in [5, 5.41) is 10.1. The highest BCUT2D eigenvalue weighted by Crippen LogP contribution is 2.25. The Labute approximate surface area is 204 Å². The lowest BCUT2D eigenvalue weighted by Gasteiger charge is -2.30. The molecule has 2 amide bonds. The Bertz CT molecular complexity index is 1250. The van der Waals surface area contributed by atoms with E-state index in [4.69, 9.17) is 0 Å². The Morgan fingerprint density at radius 3 is 2.63 bits per heavy atom. The van der Waals surface area contributed by atoms with Gasteiger partial charge in [-0.15, -0.1) is 0 Å². The Morgan fingerprint density at radius 2 is 1.91 bits per heavy atom. The van der Waals surface area contributed by atoms with Crippen LogP contribution in [0.5, 0.6) is 0 Å². The molecule has 0 aliphatic carbocycles. The summed E-state index contributed by atoms with van der Waals surface area (Å²) >= 11 is 0. The predicted molar refractivity (Wildman–Crippen MR) is 132 cm³/mol. The minimum absolute atomic E-state index is 0.0391. The number of hydrogen-bond acceptors (Lipinski definition) is 4. The minimum atomic E-state index is -0.782. The van der Waals surface area contributed by atoms with Crippen LogP contribution >= 0.6 is 0 Å². The first-order valence-corrected chi connectivity index (χ1v) is 11.8. The number of carbonyl (C=O) groups excluding carboxylic acids is 2. The highest BCUT2D eigenvalue weighted by Gasteiger charge is 2.26. The van der Waals surface area contributed by atoms with Crippen LogP contribution in [0.15, 0.2) is 42.4 Å². The summed E-state index contributed by atoms with van der Waals surface area (Å²) in [6.45, 7) is 6.87. The van der Waals surface area contributed by atoms with Gasteiger partial charge in [0.25, 0.3) is 5.91 Å². The Hall–Kier alpha value is -3.81. The number of aromatic amines is 1. The first-order chi connectivity index (χ1) is 16.8. The standard InChI is InChI=1S/C27H30FN5O2/c1-17-24(15-30-26(34)10-9-22-18(2)31-32-19(22)3)23-11-12-33(16-21(23)14-29-17)27(35)25(28)13-20-7-5-4-6-8-20/h4-8,13-14H,9-12,15-16H2,1-3H3,(H,30,34)(H,31,32). The molecule has 3 aromatic rings. The van der Waals surface area contributed by atoms with E-state index in [0.717, 1.165) is 39.3 Å². The van der Waals surface area contributed by atoms with E-state index in [1.165, 1.54) is 11.0 Å². The number of rotatable bonds is 7. The first-order valence-electron chi connectivity index (χ1n) is 11.8. The van der Waals surface area contributed by atoms with Crippen molar-refractivity contribution in [1.82, 2.24) is 25.4 Å². The third-order valence-corrected chi connectivity index (χ3v) is 6.53. The number of hydrogen-bond donors (Lipinski definition) is 2. The Kier molecular flexibility index (Phi) is 7.39.